The smallest absolute Gasteiger partial charge is 0.0690 e. The van der Waals surface area contributed by atoms with E-state index in [4.69, 9.17) is 4.74 Å². The van der Waals surface area contributed by atoms with Gasteiger partial charge < -0.3 is 15.2 Å². The molecule has 0 radical (unpaired) electrons. The number of rotatable bonds is 3. The summed E-state index contributed by atoms with van der Waals surface area (Å²) in [4.78, 5) is 0. The minimum absolute atomic E-state index is 0.233. The molecule has 1 heterocycles. The van der Waals surface area contributed by atoms with Gasteiger partial charge in [-0.1, -0.05) is 6.42 Å². The summed E-state index contributed by atoms with van der Waals surface area (Å²) in [6, 6.07) is 0.619. The lowest BCUT2D eigenvalue weighted by atomic mass is 9.46. The van der Waals surface area contributed by atoms with Crippen LogP contribution in [-0.2, 0) is 4.74 Å². The first-order chi connectivity index (χ1) is 7.24. The number of hydrogen-bond acceptors (Lipinski definition) is 3. The van der Waals surface area contributed by atoms with Crippen LogP contribution in [0.25, 0.3) is 0 Å². The van der Waals surface area contributed by atoms with Crippen molar-refractivity contribution < 1.29 is 9.84 Å². The highest BCUT2D eigenvalue weighted by molar-refractivity contribution is 5.18. The van der Waals surface area contributed by atoms with Gasteiger partial charge in [0.15, 0.2) is 0 Å². The molecule has 0 amide bonds. The summed E-state index contributed by atoms with van der Waals surface area (Å²) in [7, 11) is 0. The molecular weight excluding hydrogens is 190 g/mol. The molecule has 2 aliphatic carbocycles. The summed E-state index contributed by atoms with van der Waals surface area (Å²) < 4.78 is 5.84. The molecule has 1 spiro atoms. The molecule has 0 aromatic heterocycles. The van der Waals surface area contributed by atoms with Crippen molar-refractivity contribution in [2.45, 2.75) is 50.9 Å². The molecule has 1 aliphatic heterocycles. The van der Waals surface area contributed by atoms with Gasteiger partial charge in [-0.15, -0.1) is 0 Å². The summed E-state index contributed by atoms with van der Waals surface area (Å²) in [6.07, 6.45) is 5.53. The van der Waals surface area contributed by atoms with Gasteiger partial charge in [0, 0.05) is 30.5 Å². The first-order valence-corrected chi connectivity index (χ1v) is 6.27. The van der Waals surface area contributed by atoms with Crippen molar-refractivity contribution in [1.82, 2.24) is 5.32 Å². The topological polar surface area (TPSA) is 41.5 Å². The number of aliphatic hydroxyl groups is 1. The predicted molar refractivity (Wildman–Crippen MR) is 57.6 cm³/mol. The summed E-state index contributed by atoms with van der Waals surface area (Å²) in [5.74, 6) is 0.726. The number of hydrogen-bond donors (Lipinski definition) is 2. The molecule has 3 unspecified atom stereocenters. The van der Waals surface area contributed by atoms with Gasteiger partial charge in [0.2, 0.25) is 0 Å². The van der Waals surface area contributed by atoms with E-state index in [9.17, 15) is 5.11 Å². The average molecular weight is 211 g/mol. The van der Waals surface area contributed by atoms with Crippen LogP contribution in [-0.4, -0.2) is 36.5 Å². The molecule has 3 heteroatoms. The largest absolute Gasteiger partial charge is 0.392 e. The van der Waals surface area contributed by atoms with Crippen LogP contribution < -0.4 is 5.32 Å². The Morgan fingerprint density at radius 2 is 2.33 bits per heavy atom. The van der Waals surface area contributed by atoms with E-state index in [-0.39, 0.29) is 6.10 Å². The Hall–Kier alpha value is -0.120. The molecule has 3 nitrogen and oxygen atoms in total. The number of ether oxygens (including phenoxy) is 1. The van der Waals surface area contributed by atoms with Crippen LogP contribution in [0, 0.1) is 11.3 Å². The van der Waals surface area contributed by atoms with Crippen molar-refractivity contribution in [3.05, 3.63) is 0 Å². The standard InChI is InChI=1S/C12H21NO2/c1-8(14)7-13-10-9-3-6-15-11(9)12(10)4-2-5-12/h8-11,13-14H,2-7H2,1H3/t8-,9?,10?,11?/m1/s1. The molecule has 15 heavy (non-hydrogen) atoms. The summed E-state index contributed by atoms with van der Waals surface area (Å²) in [6.45, 7) is 3.53. The number of fused-ring (bicyclic) bond motifs is 2. The maximum absolute atomic E-state index is 9.33. The van der Waals surface area contributed by atoms with E-state index >= 15 is 0 Å². The van der Waals surface area contributed by atoms with E-state index < -0.39 is 0 Å². The molecule has 3 rings (SSSR count). The zero-order valence-electron chi connectivity index (χ0n) is 9.41. The fraction of sp³-hybridized carbons (Fsp3) is 1.00. The normalized spacial score (nSPS) is 43.2. The fourth-order valence-corrected chi connectivity index (χ4v) is 3.86. The Kier molecular flexibility index (Phi) is 2.31. The molecule has 0 aromatic rings. The molecule has 0 aromatic carbocycles. The Labute approximate surface area is 91.2 Å². The van der Waals surface area contributed by atoms with Crippen molar-refractivity contribution in [3.63, 3.8) is 0 Å². The zero-order chi connectivity index (χ0) is 10.5. The van der Waals surface area contributed by atoms with Crippen LogP contribution >= 0.6 is 0 Å². The van der Waals surface area contributed by atoms with Gasteiger partial charge in [0.1, 0.15) is 0 Å². The van der Waals surface area contributed by atoms with Gasteiger partial charge in [0.05, 0.1) is 12.2 Å². The van der Waals surface area contributed by atoms with Crippen LogP contribution in [0.2, 0.25) is 0 Å². The highest BCUT2D eigenvalue weighted by atomic mass is 16.5. The van der Waals surface area contributed by atoms with E-state index in [0.29, 0.717) is 17.6 Å². The van der Waals surface area contributed by atoms with Crippen molar-refractivity contribution in [1.29, 1.82) is 0 Å². The molecule has 3 aliphatic rings. The van der Waals surface area contributed by atoms with Gasteiger partial charge in [-0.2, -0.15) is 0 Å². The summed E-state index contributed by atoms with van der Waals surface area (Å²) in [5.41, 5.74) is 0.454. The van der Waals surface area contributed by atoms with Gasteiger partial charge in [-0.25, -0.2) is 0 Å². The zero-order valence-corrected chi connectivity index (χ0v) is 9.41. The lowest BCUT2D eigenvalue weighted by Crippen LogP contribution is -2.71. The minimum atomic E-state index is -0.233. The highest BCUT2D eigenvalue weighted by Gasteiger charge is 2.66. The fourth-order valence-electron chi connectivity index (χ4n) is 3.86. The Morgan fingerprint density at radius 3 is 2.93 bits per heavy atom. The van der Waals surface area contributed by atoms with Crippen molar-refractivity contribution in [2.75, 3.05) is 13.2 Å². The third kappa shape index (κ3) is 1.30. The first kappa shape index (κ1) is 10.1. The lowest BCUT2D eigenvalue weighted by molar-refractivity contribution is -0.176. The van der Waals surface area contributed by atoms with Gasteiger partial charge in [-0.3, -0.25) is 0 Å². The van der Waals surface area contributed by atoms with E-state index in [0.717, 1.165) is 19.1 Å². The Morgan fingerprint density at radius 1 is 1.53 bits per heavy atom. The maximum atomic E-state index is 9.33. The second-order valence-electron chi connectivity index (χ2n) is 5.57. The molecule has 2 N–H and O–H groups in total. The van der Waals surface area contributed by atoms with Crippen LogP contribution in [0.4, 0.5) is 0 Å². The van der Waals surface area contributed by atoms with E-state index in [1.165, 1.54) is 25.7 Å². The van der Waals surface area contributed by atoms with Crippen LogP contribution in [0.5, 0.6) is 0 Å². The SMILES string of the molecule is C[C@@H](O)CNC1C2CCOC2C12CCC2. The third-order valence-electron chi connectivity index (χ3n) is 4.67. The summed E-state index contributed by atoms with van der Waals surface area (Å²) >= 11 is 0. The average Bonchev–Trinajstić information content (AvgIpc) is 2.47. The van der Waals surface area contributed by atoms with Gasteiger partial charge >= 0.3 is 0 Å². The van der Waals surface area contributed by atoms with Crippen LogP contribution in [0.1, 0.15) is 32.6 Å². The predicted octanol–water partition coefficient (Wildman–Crippen LogP) is 0.914. The molecule has 4 atom stereocenters. The first-order valence-electron chi connectivity index (χ1n) is 6.27. The number of nitrogens with one attached hydrogen (secondary N) is 1. The highest BCUT2D eigenvalue weighted by Crippen LogP contribution is 2.62. The molecular formula is C12H21NO2. The third-order valence-corrected chi connectivity index (χ3v) is 4.67. The van der Waals surface area contributed by atoms with Crippen molar-refractivity contribution in [3.8, 4) is 0 Å². The summed E-state index contributed by atoms with van der Waals surface area (Å²) in [5, 5.41) is 12.9. The minimum Gasteiger partial charge on any atom is -0.392 e. The molecule has 86 valence electrons. The second kappa shape index (κ2) is 3.44. The van der Waals surface area contributed by atoms with E-state index in [1.807, 2.05) is 6.92 Å². The maximum Gasteiger partial charge on any atom is 0.0690 e. The number of aliphatic hydroxyl groups excluding tert-OH is 1. The van der Waals surface area contributed by atoms with Gasteiger partial charge in [-0.05, 0) is 26.2 Å². The molecule has 0 bridgehead atoms. The van der Waals surface area contributed by atoms with Crippen LogP contribution in [0.15, 0.2) is 0 Å². The van der Waals surface area contributed by atoms with Crippen molar-refractivity contribution >= 4 is 0 Å². The molecule has 3 fully saturated rings. The van der Waals surface area contributed by atoms with E-state index in [1.54, 1.807) is 0 Å². The lowest BCUT2D eigenvalue weighted by Gasteiger charge is -2.63. The van der Waals surface area contributed by atoms with Crippen LogP contribution in [0.3, 0.4) is 0 Å². The molecule has 2 saturated carbocycles. The molecule has 1 saturated heterocycles. The van der Waals surface area contributed by atoms with E-state index in [2.05, 4.69) is 5.32 Å². The van der Waals surface area contributed by atoms with Crippen molar-refractivity contribution in [2.24, 2.45) is 11.3 Å². The quantitative estimate of drug-likeness (QED) is 0.729. The Balaban J connectivity index is 1.66. The second-order valence-corrected chi connectivity index (χ2v) is 5.57. The Bertz CT molecular complexity index is 250. The monoisotopic (exact) mass is 211 g/mol. The van der Waals surface area contributed by atoms with Gasteiger partial charge in [0.25, 0.3) is 0 Å².